The molecule has 0 saturated heterocycles. The molecule has 270 valence electrons. The van der Waals surface area contributed by atoms with E-state index >= 15 is 0 Å². The summed E-state index contributed by atoms with van der Waals surface area (Å²) < 4.78 is 0. The van der Waals surface area contributed by atoms with Gasteiger partial charge in [-0.1, -0.05) is 170 Å². The maximum Gasteiger partial charge on any atom is 0.183 e. The Bertz CT molecular complexity index is 2830. The molecule has 0 fully saturated rings. The lowest BCUT2D eigenvalue weighted by Crippen LogP contribution is -2.04. The molecule has 0 radical (unpaired) electrons. The second kappa shape index (κ2) is 15.6. The molecule has 5 nitrogen and oxygen atoms in total. The number of hydrogen-bond acceptors (Lipinski definition) is 5. The number of nitrogens with zero attached hydrogens (tertiary/aromatic N) is 5. The average molecular weight is 732 g/mol. The van der Waals surface area contributed by atoms with Gasteiger partial charge >= 0.3 is 0 Å². The first-order valence-electron chi connectivity index (χ1n) is 18.9. The minimum atomic E-state index is 0.469. The Morgan fingerprint density at radius 1 is 0.439 bits per heavy atom. The highest BCUT2D eigenvalue weighted by molar-refractivity contribution is 6.04. The molecule has 0 aliphatic rings. The van der Waals surface area contributed by atoms with Gasteiger partial charge in [0.1, 0.15) is 11.4 Å². The highest BCUT2D eigenvalue weighted by Crippen LogP contribution is 2.37. The summed E-state index contributed by atoms with van der Waals surface area (Å²) in [6.45, 7) is 5.94. The van der Waals surface area contributed by atoms with Crippen LogP contribution in [0.4, 0.5) is 0 Å². The lowest BCUT2D eigenvalue weighted by Gasteiger charge is -2.15. The van der Waals surface area contributed by atoms with Crippen molar-refractivity contribution in [2.45, 2.75) is 6.92 Å². The van der Waals surface area contributed by atoms with E-state index in [0.717, 1.165) is 71.6 Å². The van der Waals surface area contributed by atoms with E-state index < -0.39 is 0 Å². The first-order chi connectivity index (χ1) is 28.1. The molecule has 3 aromatic heterocycles. The predicted molar refractivity (Wildman–Crippen MR) is 236 cm³/mol. The van der Waals surface area contributed by atoms with Crippen molar-refractivity contribution in [3.63, 3.8) is 0 Å². The predicted octanol–water partition coefficient (Wildman–Crippen LogP) is 13.1. The lowest BCUT2D eigenvalue weighted by atomic mass is 9.96. The molecule has 0 unspecified atom stereocenters. The summed E-state index contributed by atoms with van der Waals surface area (Å²) in [4.78, 5) is 25.9. The van der Waals surface area contributed by atoms with Crippen LogP contribution in [0.2, 0.25) is 0 Å². The first-order valence-corrected chi connectivity index (χ1v) is 18.9. The Morgan fingerprint density at radius 2 is 0.877 bits per heavy atom. The lowest BCUT2D eigenvalue weighted by molar-refractivity contribution is 1.05. The van der Waals surface area contributed by atoms with Gasteiger partial charge in [0.15, 0.2) is 17.5 Å². The third-order valence-electron chi connectivity index (χ3n) is 10.2. The zero-order valence-electron chi connectivity index (χ0n) is 31.4. The van der Waals surface area contributed by atoms with E-state index in [-0.39, 0.29) is 0 Å². The average Bonchev–Trinajstić information content (AvgIpc) is 3.29. The zero-order chi connectivity index (χ0) is 38.6. The Labute approximate surface area is 332 Å². The fourth-order valence-electron chi connectivity index (χ4n) is 7.31. The van der Waals surface area contributed by atoms with E-state index in [2.05, 4.69) is 123 Å². The van der Waals surface area contributed by atoms with Crippen molar-refractivity contribution in [1.29, 1.82) is 0 Å². The molecular formula is C52H37N5. The van der Waals surface area contributed by atoms with Gasteiger partial charge in [-0.3, -0.25) is 9.97 Å². The van der Waals surface area contributed by atoms with Crippen LogP contribution in [-0.2, 0) is 0 Å². The second-order valence-corrected chi connectivity index (χ2v) is 13.8. The summed E-state index contributed by atoms with van der Waals surface area (Å²) in [5.74, 6) is 1.47. The Hall–Kier alpha value is -7.63. The van der Waals surface area contributed by atoms with Crippen LogP contribution < -0.4 is 0 Å². The van der Waals surface area contributed by atoms with Gasteiger partial charge in [0.2, 0.25) is 0 Å². The fraction of sp³-hybridized carbons (Fsp3) is 0.0192. The van der Waals surface area contributed by atoms with Gasteiger partial charge in [-0.25, -0.2) is 15.0 Å². The Balaban J connectivity index is 1.31. The van der Waals surface area contributed by atoms with Gasteiger partial charge in [-0.05, 0) is 69.3 Å². The number of benzene rings is 6. The van der Waals surface area contributed by atoms with E-state index in [9.17, 15) is 0 Å². The number of pyridine rings is 2. The molecule has 0 bridgehead atoms. The molecule has 0 saturated carbocycles. The molecule has 0 amide bonds. The number of rotatable bonds is 9. The number of allylic oxidation sites excluding steroid dienone is 5. The molecule has 0 N–H and O–H groups in total. The van der Waals surface area contributed by atoms with E-state index in [0.29, 0.717) is 28.9 Å². The van der Waals surface area contributed by atoms with Crippen molar-refractivity contribution in [1.82, 2.24) is 24.9 Å². The summed E-state index contributed by atoms with van der Waals surface area (Å²) in [6.07, 6.45) is 11.7. The minimum Gasteiger partial charge on any atom is -0.252 e. The van der Waals surface area contributed by atoms with Crippen molar-refractivity contribution in [3.05, 3.63) is 207 Å². The Kier molecular flexibility index (Phi) is 9.61. The molecular weight excluding hydrogens is 695 g/mol. The quantitative estimate of drug-likeness (QED) is 0.138. The summed E-state index contributed by atoms with van der Waals surface area (Å²) >= 11 is 0. The maximum atomic E-state index is 5.25. The number of aromatic nitrogens is 5. The van der Waals surface area contributed by atoms with E-state index in [1.165, 1.54) is 0 Å². The van der Waals surface area contributed by atoms with Crippen LogP contribution in [0.5, 0.6) is 0 Å². The van der Waals surface area contributed by atoms with E-state index in [1.54, 1.807) is 6.08 Å². The second-order valence-electron chi connectivity index (χ2n) is 13.8. The van der Waals surface area contributed by atoms with Crippen molar-refractivity contribution in [2.75, 3.05) is 0 Å². The van der Waals surface area contributed by atoms with Crippen LogP contribution in [0.15, 0.2) is 201 Å². The van der Waals surface area contributed by atoms with Crippen molar-refractivity contribution in [2.24, 2.45) is 0 Å². The largest absolute Gasteiger partial charge is 0.252 e. The fourth-order valence-corrected chi connectivity index (χ4v) is 7.31. The third-order valence-corrected chi connectivity index (χ3v) is 10.2. The topological polar surface area (TPSA) is 64.5 Å². The molecule has 0 spiro atoms. The van der Waals surface area contributed by atoms with Crippen molar-refractivity contribution in [3.8, 4) is 67.8 Å². The molecule has 5 heteroatoms. The van der Waals surface area contributed by atoms with Crippen LogP contribution in [0.25, 0.3) is 94.9 Å². The number of fused-ring (bicyclic) bond motifs is 2. The minimum absolute atomic E-state index is 0.469. The molecule has 0 aliphatic carbocycles. The normalized spacial score (nSPS) is 11.7. The summed E-state index contributed by atoms with van der Waals surface area (Å²) in [6, 6.07) is 54.2. The monoisotopic (exact) mass is 731 g/mol. The smallest absolute Gasteiger partial charge is 0.183 e. The number of hydrogen-bond donors (Lipinski definition) is 0. The molecule has 0 atom stereocenters. The zero-order valence-corrected chi connectivity index (χ0v) is 31.4. The van der Waals surface area contributed by atoms with Crippen molar-refractivity contribution < 1.29 is 0 Å². The van der Waals surface area contributed by atoms with Crippen LogP contribution in [-0.4, -0.2) is 24.9 Å². The van der Waals surface area contributed by atoms with E-state index in [4.69, 9.17) is 24.9 Å². The van der Waals surface area contributed by atoms with Gasteiger partial charge in [0.05, 0.1) is 0 Å². The van der Waals surface area contributed by atoms with Gasteiger partial charge in [0, 0.05) is 39.9 Å². The standard InChI is InChI=1S/C52H37N5/c1-3-4-8-19-35(2)39-30-40(36-20-9-5-10-21-36)32-41(31-39)50-55-51(48-44-28-17-15-26-42(44)46(33-53-48)37-22-11-6-12-23-37)57-52(56-50)49-45-29-18-16-27-43(45)47(34-54-49)38-24-13-7-14-25-38/h3-34H,1H2,2H3/b8-4-,35-19+. The SMILES string of the molecule is C=C/C=C\C=C(/C)c1cc(-c2ccccc2)cc(-c2nc(-c3ncc(-c4ccccc4)c4ccccc34)nc(-c3ncc(-c4ccccc4)c4ccccc34)n2)c1. The first kappa shape index (κ1) is 35.1. The summed E-state index contributed by atoms with van der Waals surface area (Å²) in [7, 11) is 0. The molecule has 0 aliphatic heterocycles. The van der Waals surface area contributed by atoms with E-state index in [1.807, 2.05) is 79.1 Å². The molecule has 6 aromatic carbocycles. The summed E-state index contributed by atoms with van der Waals surface area (Å²) in [5.41, 5.74) is 10.8. The van der Waals surface area contributed by atoms with Crippen LogP contribution in [0.3, 0.4) is 0 Å². The highest BCUT2D eigenvalue weighted by atomic mass is 15.1. The van der Waals surface area contributed by atoms with Gasteiger partial charge in [-0.2, -0.15) is 0 Å². The van der Waals surface area contributed by atoms with Crippen LogP contribution in [0, 0.1) is 0 Å². The van der Waals surface area contributed by atoms with Crippen LogP contribution in [0.1, 0.15) is 12.5 Å². The van der Waals surface area contributed by atoms with Gasteiger partial charge in [0.25, 0.3) is 0 Å². The highest BCUT2D eigenvalue weighted by Gasteiger charge is 2.20. The molecule has 57 heavy (non-hydrogen) atoms. The van der Waals surface area contributed by atoms with Gasteiger partial charge in [-0.15, -0.1) is 0 Å². The van der Waals surface area contributed by atoms with Crippen molar-refractivity contribution >= 4 is 27.1 Å². The van der Waals surface area contributed by atoms with Gasteiger partial charge < -0.3 is 0 Å². The summed E-state index contributed by atoms with van der Waals surface area (Å²) in [5, 5.41) is 4.03. The van der Waals surface area contributed by atoms with Crippen LogP contribution >= 0.6 is 0 Å². The maximum absolute atomic E-state index is 5.25. The Morgan fingerprint density at radius 3 is 1.39 bits per heavy atom. The third kappa shape index (κ3) is 7.06. The molecule has 9 rings (SSSR count). The molecule has 3 heterocycles. The molecule has 9 aromatic rings.